The molecule has 0 saturated carbocycles. The largest absolute Gasteiger partial charge is 0.399 e. The van der Waals surface area contributed by atoms with Gasteiger partial charge in [0.2, 0.25) is 5.91 Å². The van der Waals surface area contributed by atoms with Crippen LogP contribution in [0.15, 0.2) is 48.5 Å². The van der Waals surface area contributed by atoms with E-state index in [-0.39, 0.29) is 18.3 Å². The third-order valence-electron chi connectivity index (χ3n) is 3.53. The SMILES string of the molecule is Cl.Nc1ccc(CC(=O)N2Cc3ccccc3C2)cc1. The Bertz CT molecular complexity index is 585. The van der Waals surface area contributed by atoms with Crippen LogP contribution >= 0.6 is 12.4 Å². The van der Waals surface area contributed by atoms with Crippen molar-refractivity contribution in [3.8, 4) is 0 Å². The fourth-order valence-electron chi connectivity index (χ4n) is 2.43. The maximum atomic E-state index is 12.3. The molecule has 2 N–H and O–H groups in total. The van der Waals surface area contributed by atoms with Gasteiger partial charge in [0.25, 0.3) is 0 Å². The van der Waals surface area contributed by atoms with Crippen LogP contribution in [0.25, 0.3) is 0 Å². The standard InChI is InChI=1S/C16H16N2O.ClH/c17-15-7-5-12(6-8-15)9-16(19)18-10-13-3-1-2-4-14(13)11-18;/h1-8H,9-11,17H2;1H. The summed E-state index contributed by atoms with van der Waals surface area (Å²) in [6, 6.07) is 15.7. The molecule has 3 nitrogen and oxygen atoms in total. The predicted molar refractivity (Wildman–Crippen MR) is 82.5 cm³/mol. The molecule has 3 rings (SSSR count). The summed E-state index contributed by atoms with van der Waals surface area (Å²) < 4.78 is 0. The van der Waals surface area contributed by atoms with E-state index in [1.54, 1.807) is 0 Å². The lowest BCUT2D eigenvalue weighted by atomic mass is 10.1. The summed E-state index contributed by atoms with van der Waals surface area (Å²) in [6.45, 7) is 1.45. The number of nitrogen functional groups attached to an aromatic ring is 1. The second kappa shape index (κ2) is 5.97. The van der Waals surface area contributed by atoms with Gasteiger partial charge in [-0.05, 0) is 28.8 Å². The van der Waals surface area contributed by atoms with E-state index < -0.39 is 0 Å². The predicted octanol–water partition coefficient (Wildman–Crippen LogP) is 2.78. The lowest BCUT2D eigenvalue weighted by molar-refractivity contribution is -0.131. The molecule has 0 saturated heterocycles. The number of carbonyl (C=O) groups is 1. The Labute approximate surface area is 124 Å². The van der Waals surface area contributed by atoms with Crippen molar-refractivity contribution in [1.82, 2.24) is 4.90 Å². The molecule has 104 valence electrons. The van der Waals surface area contributed by atoms with Gasteiger partial charge in [-0.15, -0.1) is 12.4 Å². The summed E-state index contributed by atoms with van der Waals surface area (Å²) >= 11 is 0. The van der Waals surface area contributed by atoms with Crippen LogP contribution in [-0.2, 0) is 24.3 Å². The molecule has 1 aliphatic heterocycles. The summed E-state index contributed by atoms with van der Waals surface area (Å²) in [5, 5.41) is 0. The molecule has 2 aromatic carbocycles. The molecule has 0 bridgehead atoms. The number of nitrogens with two attached hydrogens (primary N) is 1. The molecule has 0 aromatic heterocycles. The summed E-state index contributed by atoms with van der Waals surface area (Å²) in [4.78, 5) is 14.2. The van der Waals surface area contributed by atoms with E-state index in [1.165, 1.54) is 11.1 Å². The molecule has 20 heavy (non-hydrogen) atoms. The Morgan fingerprint density at radius 2 is 1.55 bits per heavy atom. The first kappa shape index (κ1) is 14.4. The van der Waals surface area contributed by atoms with Gasteiger partial charge in [-0.3, -0.25) is 4.79 Å². The summed E-state index contributed by atoms with van der Waals surface area (Å²) in [7, 11) is 0. The molecule has 1 aliphatic rings. The van der Waals surface area contributed by atoms with Gasteiger partial charge in [-0.25, -0.2) is 0 Å². The van der Waals surface area contributed by atoms with Gasteiger partial charge in [0.1, 0.15) is 0 Å². The Kier molecular flexibility index (Phi) is 4.30. The highest BCUT2D eigenvalue weighted by Gasteiger charge is 2.22. The van der Waals surface area contributed by atoms with Crippen molar-refractivity contribution in [2.24, 2.45) is 0 Å². The quantitative estimate of drug-likeness (QED) is 0.864. The van der Waals surface area contributed by atoms with E-state index in [9.17, 15) is 4.79 Å². The molecule has 4 heteroatoms. The Morgan fingerprint density at radius 1 is 1.00 bits per heavy atom. The highest BCUT2D eigenvalue weighted by molar-refractivity contribution is 5.85. The minimum atomic E-state index is 0. The van der Waals surface area contributed by atoms with Gasteiger partial charge in [-0.1, -0.05) is 36.4 Å². The van der Waals surface area contributed by atoms with Gasteiger partial charge in [0.05, 0.1) is 6.42 Å². The Hall–Kier alpha value is -2.00. The first-order valence-corrected chi connectivity index (χ1v) is 6.41. The number of carbonyl (C=O) groups excluding carboxylic acids is 1. The summed E-state index contributed by atoms with van der Waals surface area (Å²) in [5.41, 5.74) is 9.89. The number of amides is 1. The molecule has 0 atom stereocenters. The number of nitrogens with zero attached hydrogens (tertiary/aromatic N) is 1. The maximum Gasteiger partial charge on any atom is 0.227 e. The summed E-state index contributed by atoms with van der Waals surface area (Å²) in [5.74, 6) is 0.168. The number of halogens is 1. The van der Waals surface area contributed by atoms with Crippen LogP contribution in [0.5, 0.6) is 0 Å². The van der Waals surface area contributed by atoms with Crippen LogP contribution in [0.2, 0.25) is 0 Å². The minimum absolute atomic E-state index is 0. The fourth-order valence-corrected chi connectivity index (χ4v) is 2.43. The second-order valence-electron chi connectivity index (χ2n) is 4.94. The number of rotatable bonds is 2. The summed E-state index contributed by atoms with van der Waals surface area (Å²) in [6.07, 6.45) is 0.439. The van der Waals surface area contributed by atoms with Crippen LogP contribution in [0, 0.1) is 0 Å². The molecule has 0 unspecified atom stereocenters. The van der Waals surface area contributed by atoms with Crippen LogP contribution in [0.4, 0.5) is 5.69 Å². The van der Waals surface area contributed by atoms with Crippen LogP contribution in [-0.4, -0.2) is 10.8 Å². The monoisotopic (exact) mass is 288 g/mol. The third-order valence-corrected chi connectivity index (χ3v) is 3.53. The topological polar surface area (TPSA) is 46.3 Å². The van der Waals surface area contributed by atoms with E-state index in [0.29, 0.717) is 6.42 Å². The third kappa shape index (κ3) is 2.94. The fraction of sp³-hybridized carbons (Fsp3) is 0.188. The molecule has 0 fully saturated rings. The van der Waals surface area contributed by atoms with Crippen molar-refractivity contribution in [2.45, 2.75) is 19.5 Å². The van der Waals surface area contributed by atoms with Crippen molar-refractivity contribution >= 4 is 24.0 Å². The normalized spacial score (nSPS) is 12.7. The smallest absolute Gasteiger partial charge is 0.227 e. The average molecular weight is 289 g/mol. The molecular formula is C16H17ClN2O. The molecule has 0 spiro atoms. The van der Waals surface area contributed by atoms with E-state index in [2.05, 4.69) is 12.1 Å². The van der Waals surface area contributed by atoms with Crippen LogP contribution in [0.1, 0.15) is 16.7 Å². The van der Waals surface area contributed by atoms with Crippen molar-refractivity contribution in [3.63, 3.8) is 0 Å². The maximum absolute atomic E-state index is 12.3. The van der Waals surface area contributed by atoms with E-state index in [1.807, 2.05) is 41.3 Å². The number of anilines is 1. The zero-order valence-corrected chi connectivity index (χ0v) is 11.9. The van der Waals surface area contributed by atoms with Gasteiger partial charge in [0.15, 0.2) is 0 Å². The van der Waals surface area contributed by atoms with Gasteiger partial charge >= 0.3 is 0 Å². The first-order valence-electron chi connectivity index (χ1n) is 6.41. The van der Waals surface area contributed by atoms with Crippen LogP contribution in [0.3, 0.4) is 0 Å². The molecular weight excluding hydrogens is 272 g/mol. The van der Waals surface area contributed by atoms with E-state index in [4.69, 9.17) is 5.73 Å². The molecule has 1 heterocycles. The zero-order valence-electron chi connectivity index (χ0n) is 11.1. The molecule has 2 aromatic rings. The number of fused-ring (bicyclic) bond motifs is 1. The molecule has 0 radical (unpaired) electrons. The van der Waals surface area contributed by atoms with Crippen LogP contribution < -0.4 is 5.73 Å². The second-order valence-corrected chi connectivity index (χ2v) is 4.94. The Morgan fingerprint density at radius 3 is 2.10 bits per heavy atom. The highest BCUT2D eigenvalue weighted by atomic mass is 35.5. The van der Waals surface area contributed by atoms with Crippen molar-refractivity contribution in [3.05, 3.63) is 65.2 Å². The number of hydrogen-bond acceptors (Lipinski definition) is 2. The van der Waals surface area contributed by atoms with Gasteiger partial charge in [0, 0.05) is 18.8 Å². The van der Waals surface area contributed by atoms with Gasteiger partial charge < -0.3 is 10.6 Å². The Balaban J connectivity index is 0.00000147. The van der Waals surface area contributed by atoms with Gasteiger partial charge in [-0.2, -0.15) is 0 Å². The average Bonchev–Trinajstić information content (AvgIpc) is 2.85. The highest BCUT2D eigenvalue weighted by Crippen LogP contribution is 2.23. The molecule has 0 aliphatic carbocycles. The number of benzene rings is 2. The van der Waals surface area contributed by atoms with E-state index in [0.717, 1.165) is 24.3 Å². The lowest BCUT2D eigenvalue weighted by Gasteiger charge is -2.15. The van der Waals surface area contributed by atoms with Crippen molar-refractivity contribution in [2.75, 3.05) is 5.73 Å². The zero-order chi connectivity index (χ0) is 13.2. The lowest BCUT2D eigenvalue weighted by Crippen LogP contribution is -2.26. The first-order chi connectivity index (χ1) is 9.22. The minimum Gasteiger partial charge on any atom is -0.399 e. The van der Waals surface area contributed by atoms with Crippen molar-refractivity contribution in [1.29, 1.82) is 0 Å². The van der Waals surface area contributed by atoms with Crippen molar-refractivity contribution < 1.29 is 4.79 Å². The van der Waals surface area contributed by atoms with E-state index >= 15 is 0 Å². The number of hydrogen-bond donors (Lipinski definition) is 1. The molecule has 1 amide bonds.